The van der Waals surface area contributed by atoms with Crippen molar-refractivity contribution in [1.82, 2.24) is 9.97 Å². The van der Waals surface area contributed by atoms with Gasteiger partial charge in [0.2, 0.25) is 0 Å². The van der Waals surface area contributed by atoms with Crippen molar-refractivity contribution in [3.63, 3.8) is 0 Å². The standard InChI is InChI=1S/C30H24NO.C13H12N.Ir/c1-30(2,3)18-19-13-14-31-27(15-19)24-10-6-9-23-26-16-21-12-11-20-7-4-5-8-22(20)25(21)17-28(26)32-29(23)24;1-10-8-13(14-9-11(10)2)12-6-4-3-5-7-12;/h4-9,11-17H,18H2,1-3H3;3-6,8-9H,1-2H3;/q2*-1;. The summed E-state index contributed by atoms with van der Waals surface area (Å²) >= 11 is 0. The average molecular weight is 789 g/mol. The number of nitrogens with zero attached hydrogens (tertiary/aromatic N) is 2. The first-order valence-corrected chi connectivity index (χ1v) is 15.8. The molecule has 0 saturated heterocycles. The van der Waals surface area contributed by atoms with E-state index in [-0.39, 0.29) is 25.5 Å². The molecule has 3 heterocycles. The Balaban J connectivity index is 0.000000217. The van der Waals surface area contributed by atoms with Crippen LogP contribution in [0.4, 0.5) is 0 Å². The van der Waals surface area contributed by atoms with Crippen LogP contribution in [-0.4, -0.2) is 9.97 Å². The molecule has 0 unspecified atom stereocenters. The maximum absolute atomic E-state index is 6.46. The summed E-state index contributed by atoms with van der Waals surface area (Å²) in [6.07, 6.45) is 4.80. The number of pyridine rings is 2. The van der Waals surface area contributed by atoms with E-state index in [1.807, 2.05) is 42.7 Å². The summed E-state index contributed by atoms with van der Waals surface area (Å²) in [5.74, 6) is 0. The van der Waals surface area contributed by atoms with Crippen LogP contribution in [-0.2, 0) is 26.5 Å². The molecular formula is C43H36IrN2O-2. The van der Waals surface area contributed by atoms with Gasteiger partial charge in [-0.2, -0.15) is 0 Å². The van der Waals surface area contributed by atoms with Crippen LogP contribution in [0.3, 0.4) is 0 Å². The third kappa shape index (κ3) is 6.76. The van der Waals surface area contributed by atoms with E-state index >= 15 is 0 Å². The Morgan fingerprint density at radius 2 is 1.47 bits per heavy atom. The first kappa shape index (κ1) is 32.3. The summed E-state index contributed by atoms with van der Waals surface area (Å²) < 4.78 is 6.46. The molecule has 235 valence electrons. The maximum Gasteiger partial charge on any atom is 0.121 e. The Morgan fingerprint density at radius 1 is 0.660 bits per heavy atom. The van der Waals surface area contributed by atoms with Crippen molar-refractivity contribution in [3.8, 4) is 22.5 Å². The molecule has 0 amide bonds. The molecular weight excluding hydrogens is 753 g/mol. The normalized spacial score (nSPS) is 11.4. The van der Waals surface area contributed by atoms with E-state index in [4.69, 9.17) is 4.42 Å². The van der Waals surface area contributed by atoms with Crippen molar-refractivity contribution in [2.24, 2.45) is 5.41 Å². The summed E-state index contributed by atoms with van der Waals surface area (Å²) in [5, 5.41) is 7.15. The van der Waals surface area contributed by atoms with Crippen molar-refractivity contribution >= 4 is 43.5 Å². The number of rotatable bonds is 3. The third-order valence-electron chi connectivity index (χ3n) is 8.47. The van der Waals surface area contributed by atoms with Gasteiger partial charge in [-0.3, -0.25) is 0 Å². The molecule has 1 radical (unpaired) electrons. The van der Waals surface area contributed by atoms with Crippen LogP contribution in [0, 0.1) is 31.4 Å². The molecule has 3 nitrogen and oxygen atoms in total. The van der Waals surface area contributed by atoms with E-state index in [2.05, 4.69) is 130 Å². The van der Waals surface area contributed by atoms with Crippen LogP contribution in [0.15, 0.2) is 120 Å². The van der Waals surface area contributed by atoms with Crippen LogP contribution in [0.25, 0.3) is 66.0 Å². The van der Waals surface area contributed by atoms with Gasteiger partial charge >= 0.3 is 0 Å². The second kappa shape index (κ2) is 13.2. The van der Waals surface area contributed by atoms with Gasteiger partial charge in [0, 0.05) is 37.9 Å². The fraction of sp³-hybridized carbons (Fsp3) is 0.163. The number of aryl methyl sites for hydroxylation is 2. The first-order valence-electron chi connectivity index (χ1n) is 15.8. The third-order valence-corrected chi connectivity index (χ3v) is 8.47. The molecule has 8 rings (SSSR count). The van der Waals surface area contributed by atoms with E-state index in [1.165, 1.54) is 38.2 Å². The molecule has 0 spiro atoms. The molecule has 0 atom stereocenters. The van der Waals surface area contributed by atoms with E-state index in [1.54, 1.807) is 0 Å². The molecule has 0 fully saturated rings. The van der Waals surface area contributed by atoms with Gasteiger partial charge < -0.3 is 14.4 Å². The van der Waals surface area contributed by atoms with Gasteiger partial charge in [0.25, 0.3) is 0 Å². The Kier molecular flexibility index (Phi) is 9.10. The van der Waals surface area contributed by atoms with Crippen molar-refractivity contribution in [1.29, 1.82) is 0 Å². The van der Waals surface area contributed by atoms with Gasteiger partial charge in [-0.25, -0.2) is 0 Å². The summed E-state index contributed by atoms with van der Waals surface area (Å²) in [5.41, 5.74) is 9.62. The Hall–Kier alpha value is -4.63. The molecule has 0 aliphatic carbocycles. The fourth-order valence-corrected chi connectivity index (χ4v) is 6.09. The fourth-order valence-electron chi connectivity index (χ4n) is 6.09. The summed E-state index contributed by atoms with van der Waals surface area (Å²) in [7, 11) is 0. The van der Waals surface area contributed by atoms with E-state index in [0.717, 1.165) is 50.9 Å². The predicted octanol–water partition coefficient (Wildman–Crippen LogP) is 11.5. The monoisotopic (exact) mass is 789 g/mol. The summed E-state index contributed by atoms with van der Waals surface area (Å²) in [6, 6.07) is 42.2. The van der Waals surface area contributed by atoms with E-state index < -0.39 is 0 Å². The number of benzene rings is 5. The van der Waals surface area contributed by atoms with Crippen molar-refractivity contribution in [3.05, 3.63) is 144 Å². The van der Waals surface area contributed by atoms with Crippen LogP contribution in [0.5, 0.6) is 0 Å². The maximum atomic E-state index is 6.46. The average Bonchev–Trinajstić information content (AvgIpc) is 3.43. The van der Waals surface area contributed by atoms with Gasteiger partial charge in [0.15, 0.2) is 0 Å². The molecule has 5 aromatic carbocycles. The Bertz CT molecular complexity index is 2350. The molecule has 8 aromatic rings. The predicted molar refractivity (Wildman–Crippen MR) is 192 cm³/mol. The topological polar surface area (TPSA) is 38.9 Å². The molecule has 0 saturated carbocycles. The van der Waals surface area contributed by atoms with Crippen LogP contribution in [0.2, 0.25) is 0 Å². The summed E-state index contributed by atoms with van der Waals surface area (Å²) in [4.78, 5) is 9.04. The minimum atomic E-state index is 0. The molecule has 0 bridgehead atoms. The number of hydrogen-bond acceptors (Lipinski definition) is 3. The summed E-state index contributed by atoms with van der Waals surface area (Å²) in [6.45, 7) is 10.9. The number of hydrogen-bond donors (Lipinski definition) is 0. The zero-order chi connectivity index (χ0) is 31.8. The first-order chi connectivity index (χ1) is 22.2. The van der Waals surface area contributed by atoms with Crippen LogP contribution in [0.1, 0.15) is 37.5 Å². The van der Waals surface area contributed by atoms with E-state index in [0.29, 0.717) is 0 Å². The van der Waals surface area contributed by atoms with Gasteiger partial charge in [0.1, 0.15) is 5.58 Å². The van der Waals surface area contributed by atoms with Gasteiger partial charge in [-0.05, 0) is 82.4 Å². The second-order valence-electron chi connectivity index (χ2n) is 13.3. The molecule has 3 aromatic heterocycles. The van der Waals surface area contributed by atoms with Crippen molar-refractivity contribution in [2.45, 2.75) is 41.0 Å². The molecule has 0 aliphatic heterocycles. The zero-order valence-electron chi connectivity index (χ0n) is 27.3. The van der Waals surface area contributed by atoms with Crippen molar-refractivity contribution in [2.75, 3.05) is 0 Å². The Morgan fingerprint density at radius 3 is 2.26 bits per heavy atom. The second-order valence-corrected chi connectivity index (χ2v) is 13.3. The largest absolute Gasteiger partial charge is 0.501 e. The Labute approximate surface area is 290 Å². The van der Waals surface area contributed by atoms with E-state index in [9.17, 15) is 0 Å². The molecule has 47 heavy (non-hydrogen) atoms. The number of furan rings is 1. The van der Waals surface area contributed by atoms with Gasteiger partial charge in [-0.1, -0.05) is 91.4 Å². The minimum absolute atomic E-state index is 0. The molecule has 0 aliphatic rings. The minimum Gasteiger partial charge on any atom is -0.501 e. The molecule has 4 heteroatoms. The number of fused-ring (bicyclic) bond motifs is 6. The van der Waals surface area contributed by atoms with Crippen LogP contribution < -0.4 is 0 Å². The zero-order valence-corrected chi connectivity index (χ0v) is 29.7. The smallest absolute Gasteiger partial charge is 0.121 e. The SMILES string of the molecule is CC(C)(C)Cc1ccnc(-c2[c-]ccc3c2oc2cc4c(ccc5ccccc54)cc23)c1.Cc1cnc(-c2[c-]cccc2)cc1C.[Ir]. The van der Waals surface area contributed by atoms with Gasteiger partial charge in [0.05, 0.1) is 5.58 Å². The van der Waals surface area contributed by atoms with Crippen molar-refractivity contribution < 1.29 is 24.5 Å². The number of aromatic nitrogens is 2. The van der Waals surface area contributed by atoms with Gasteiger partial charge in [-0.15, -0.1) is 54.1 Å². The quantitative estimate of drug-likeness (QED) is 0.132. The molecule has 0 N–H and O–H groups in total. The van der Waals surface area contributed by atoms with Crippen LogP contribution >= 0.6 is 0 Å².